The van der Waals surface area contributed by atoms with Gasteiger partial charge < -0.3 is 4.74 Å². The van der Waals surface area contributed by atoms with Crippen molar-refractivity contribution in [2.75, 3.05) is 7.11 Å². The number of benzene rings is 1. The molecule has 2 nitrogen and oxygen atoms in total. The molecule has 3 heteroatoms. The first-order valence-electron chi connectivity index (χ1n) is 2.99. The number of rotatable bonds is 1. The van der Waals surface area contributed by atoms with Gasteiger partial charge in [-0.25, -0.2) is 4.85 Å². The monoisotopic (exact) mass is 211 g/mol. The van der Waals surface area contributed by atoms with Gasteiger partial charge in [-0.2, -0.15) is 0 Å². The van der Waals surface area contributed by atoms with Crippen molar-refractivity contribution in [2.45, 2.75) is 0 Å². The fourth-order valence-electron chi connectivity index (χ4n) is 0.743. The van der Waals surface area contributed by atoms with E-state index in [1.807, 2.05) is 0 Å². The Morgan fingerprint density at radius 2 is 2.27 bits per heavy atom. The van der Waals surface area contributed by atoms with Crippen LogP contribution in [0.25, 0.3) is 4.85 Å². The molecule has 0 aliphatic heterocycles. The van der Waals surface area contributed by atoms with Crippen LogP contribution >= 0.6 is 15.9 Å². The van der Waals surface area contributed by atoms with Crippen molar-refractivity contribution < 1.29 is 4.74 Å². The van der Waals surface area contributed by atoms with E-state index in [0.717, 1.165) is 4.47 Å². The minimum absolute atomic E-state index is 0.573. The highest BCUT2D eigenvalue weighted by Crippen LogP contribution is 2.33. The summed E-state index contributed by atoms with van der Waals surface area (Å²) in [7, 11) is 1.58. The van der Waals surface area contributed by atoms with Crippen molar-refractivity contribution in [2.24, 2.45) is 0 Å². The zero-order chi connectivity index (χ0) is 8.27. The van der Waals surface area contributed by atoms with E-state index in [-0.39, 0.29) is 0 Å². The van der Waals surface area contributed by atoms with Gasteiger partial charge >= 0.3 is 0 Å². The Hall–Kier alpha value is -1.01. The van der Waals surface area contributed by atoms with Gasteiger partial charge in [0.1, 0.15) is 5.75 Å². The molecule has 1 aromatic carbocycles. The van der Waals surface area contributed by atoms with Crippen LogP contribution in [0.2, 0.25) is 0 Å². The van der Waals surface area contributed by atoms with Gasteiger partial charge in [-0.1, -0.05) is 28.1 Å². The Kier molecular flexibility index (Phi) is 2.50. The second kappa shape index (κ2) is 3.40. The zero-order valence-electron chi connectivity index (χ0n) is 5.97. The van der Waals surface area contributed by atoms with Gasteiger partial charge in [0.05, 0.1) is 18.2 Å². The number of nitrogens with zero attached hydrogens (tertiary/aromatic N) is 1. The number of methoxy groups -OCH3 is 1. The first-order chi connectivity index (χ1) is 5.29. The summed E-state index contributed by atoms with van der Waals surface area (Å²) >= 11 is 3.26. The number of hydrogen-bond donors (Lipinski definition) is 0. The lowest BCUT2D eigenvalue weighted by Crippen LogP contribution is -1.82. The maximum Gasteiger partial charge on any atom is 0.204 e. The number of halogens is 1. The molecule has 0 N–H and O–H groups in total. The van der Waals surface area contributed by atoms with Gasteiger partial charge in [0, 0.05) is 0 Å². The number of ether oxygens (including phenoxy) is 1. The van der Waals surface area contributed by atoms with E-state index < -0.39 is 0 Å². The molecule has 0 bridgehead atoms. The largest absolute Gasteiger partial charge is 0.497 e. The second-order valence-corrected chi connectivity index (χ2v) is 2.70. The van der Waals surface area contributed by atoms with Gasteiger partial charge in [0.25, 0.3) is 0 Å². The van der Waals surface area contributed by atoms with E-state index in [1.165, 1.54) is 0 Å². The van der Waals surface area contributed by atoms with Crippen molar-refractivity contribution >= 4 is 21.6 Å². The van der Waals surface area contributed by atoms with Crippen molar-refractivity contribution in [1.82, 2.24) is 0 Å². The smallest absolute Gasteiger partial charge is 0.204 e. The molecule has 0 atom stereocenters. The molecular weight excluding hydrogens is 206 g/mol. The molecule has 11 heavy (non-hydrogen) atoms. The summed E-state index contributed by atoms with van der Waals surface area (Å²) in [6.45, 7) is 6.80. The maximum absolute atomic E-state index is 6.80. The minimum atomic E-state index is 0.573. The second-order valence-electron chi connectivity index (χ2n) is 1.91. The summed E-state index contributed by atoms with van der Waals surface area (Å²) in [5.74, 6) is 0.693. The minimum Gasteiger partial charge on any atom is -0.497 e. The Bertz CT molecular complexity index is 303. The van der Waals surface area contributed by atoms with E-state index in [4.69, 9.17) is 11.3 Å². The fraction of sp³-hybridized carbons (Fsp3) is 0.125. The van der Waals surface area contributed by atoms with E-state index in [1.54, 1.807) is 25.3 Å². The molecule has 0 saturated carbocycles. The van der Waals surface area contributed by atoms with Crippen LogP contribution in [-0.4, -0.2) is 7.11 Å². The highest BCUT2D eigenvalue weighted by molar-refractivity contribution is 9.10. The van der Waals surface area contributed by atoms with E-state index in [0.29, 0.717) is 11.4 Å². The molecule has 56 valence electrons. The average Bonchev–Trinajstić information content (AvgIpc) is 2.05. The normalized spacial score (nSPS) is 8.82. The van der Waals surface area contributed by atoms with Gasteiger partial charge in [-0.15, -0.1) is 0 Å². The van der Waals surface area contributed by atoms with Crippen LogP contribution in [-0.2, 0) is 0 Å². The molecule has 0 spiro atoms. The van der Waals surface area contributed by atoms with Crippen molar-refractivity contribution in [3.05, 3.63) is 34.1 Å². The molecule has 0 fully saturated rings. The lowest BCUT2D eigenvalue weighted by molar-refractivity contribution is 0.412. The first-order valence-corrected chi connectivity index (χ1v) is 3.79. The molecule has 0 aromatic heterocycles. The fourth-order valence-corrected chi connectivity index (χ4v) is 1.26. The summed E-state index contributed by atoms with van der Waals surface area (Å²) in [4.78, 5) is 3.30. The van der Waals surface area contributed by atoms with Crippen LogP contribution in [0.3, 0.4) is 0 Å². The maximum atomic E-state index is 6.80. The van der Waals surface area contributed by atoms with Crippen LogP contribution in [0.5, 0.6) is 5.75 Å². The molecular formula is C8H6BrNO. The highest BCUT2D eigenvalue weighted by Gasteiger charge is 2.03. The SMILES string of the molecule is [C-]#[N+]c1cccc(OC)c1Br. The average molecular weight is 212 g/mol. The lowest BCUT2D eigenvalue weighted by atomic mass is 10.3. The number of hydrogen-bond acceptors (Lipinski definition) is 1. The Morgan fingerprint density at radius 1 is 1.55 bits per heavy atom. The zero-order valence-corrected chi connectivity index (χ0v) is 7.55. The van der Waals surface area contributed by atoms with Crippen LogP contribution in [0, 0.1) is 6.57 Å². The Morgan fingerprint density at radius 3 is 2.82 bits per heavy atom. The van der Waals surface area contributed by atoms with E-state index >= 15 is 0 Å². The van der Waals surface area contributed by atoms with Crippen molar-refractivity contribution in [3.8, 4) is 5.75 Å². The Labute approximate surface area is 73.7 Å². The van der Waals surface area contributed by atoms with Gasteiger partial charge in [0.2, 0.25) is 5.69 Å². The molecule has 0 saturated heterocycles. The van der Waals surface area contributed by atoms with Crippen LogP contribution < -0.4 is 4.74 Å². The van der Waals surface area contributed by atoms with Gasteiger partial charge in [-0.3, -0.25) is 0 Å². The quantitative estimate of drug-likeness (QED) is 0.652. The standard InChI is InChI=1S/C8H6BrNO/c1-10-6-4-3-5-7(11-2)8(6)9/h3-5H,2H3. The third-order valence-corrected chi connectivity index (χ3v) is 2.08. The predicted molar refractivity (Wildman–Crippen MR) is 47.0 cm³/mol. The molecule has 1 rings (SSSR count). The lowest BCUT2D eigenvalue weighted by Gasteiger charge is -2.02. The van der Waals surface area contributed by atoms with Gasteiger partial charge in [-0.05, 0) is 6.07 Å². The summed E-state index contributed by atoms with van der Waals surface area (Å²) < 4.78 is 5.72. The van der Waals surface area contributed by atoms with Crippen molar-refractivity contribution in [3.63, 3.8) is 0 Å². The molecule has 1 aromatic rings. The summed E-state index contributed by atoms with van der Waals surface area (Å²) in [5, 5.41) is 0. The van der Waals surface area contributed by atoms with Crippen molar-refractivity contribution in [1.29, 1.82) is 0 Å². The summed E-state index contributed by atoms with van der Waals surface area (Å²) in [6, 6.07) is 5.33. The molecule has 0 amide bonds. The Balaban J connectivity index is 3.23. The first kappa shape index (κ1) is 8.09. The van der Waals surface area contributed by atoms with Crippen LogP contribution in [0.4, 0.5) is 5.69 Å². The third-order valence-electron chi connectivity index (χ3n) is 1.28. The molecule has 0 radical (unpaired) electrons. The summed E-state index contributed by atoms with van der Waals surface area (Å²) in [6.07, 6.45) is 0. The summed E-state index contributed by atoms with van der Waals surface area (Å²) in [5.41, 5.74) is 0.573. The molecule has 0 aliphatic rings. The van der Waals surface area contributed by atoms with Crippen LogP contribution in [0.15, 0.2) is 22.7 Å². The topological polar surface area (TPSA) is 13.6 Å². The van der Waals surface area contributed by atoms with Crippen LogP contribution in [0.1, 0.15) is 0 Å². The van der Waals surface area contributed by atoms with E-state index in [9.17, 15) is 0 Å². The van der Waals surface area contributed by atoms with E-state index in [2.05, 4.69) is 20.8 Å². The molecule has 0 aliphatic carbocycles. The predicted octanol–water partition coefficient (Wildman–Crippen LogP) is 3.01. The highest BCUT2D eigenvalue weighted by atomic mass is 79.9. The molecule has 0 heterocycles. The van der Waals surface area contributed by atoms with Gasteiger partial charge in [0.15, 0.2) is 0 Å². The molecule has 0 unspecified atom stereocenters. The third kappa shape index (κ3) is 1.52.